The molecule has 0 radical (unpaired) electrons. The van der Waals surface area contributed by atoms with Crippen LogP contribution in [-0.2, 0) is 0 Å². The van der Waals surface area contributed by atoms with Crippen molar-refractivity contribution in [1.29, 1.82) is 0 Å². The van der Waals surface area contributed by atoms with Gasteiger partial charge in [-0.2, -0.15) is 0 Å². The average Bonchev–Trinajstić information content (AvgIpc) is 2.69. The Labute approximate surface area is 171 Å². The lowest BCUT2D eigenvalue weighted by molar-refractivity contribution is 1.08. The first-order chi connectivity index (χ1) is 14.1. The quantitative estimate of drug-likeness (QED) is 0.528. The molecule has 0 aliphatic rings. The number of nitrogens with zero attached hydrogens (tertiary/aromatic N) is 2. The number of allylic oxidation sites excluding steroid dienone is 5. The standard InChI is InChI=1S/C24H26N4O/c1-5-11-19(12-6-2)28-22(27-18-13-9-8-10-14-18)16-21(29)23-20(25-7-3)15-17(4)26-24(23)28/h5-6,8-16,27H,1,7H2,2-4H3,(H,25,26)/b12-6-,19-11+. The molecule has 0 spiro atoms. The molecule has 3 rings (SSSR count). The van der Waals surface area contributed by atoms with Crippen molar-refractivity contribution in [2.75, 3.05) is 17.2 Å². The lowest BCUT2D eigenvalue weighted by Crippen LogP contribution is -2.16. The van der Waals surface area contributed by atoms with Crippen LogP contribution < -0.4 is 16.1 Å². The maximum Gasteiger partial charge on any atom is 0.195 e. The largest absolute Gasteiger partial charge is 0.385 e. The molecule has 148 valence electrons. The van der Waals surface area contributed by atoms with Gasteiger partial charge >= 0.3 is 0 Å². The third kappa shape index (κ3) is 4.29. The van der Waals surface area contributed by atoms with Crippen LogP contribution >= 0.6 is 0 Å². The lowest BCUT2D eigenvalue weighted by Gasteiger charge is -2.20. The van der Waals surface area contributed by atoms with E-state index in [1.807, 2.05) is 80.0 Å². The molecule has 0 saturated carbocycles. The van der Waals surface area contributed by atoms with Crippen LogP contribution in [0.15, 0.2) is 78.1 Å². The summed E-state index contributed by atoms with van der Waals surface area (Å²) >= 11 is 0. The fourth-order valence-electron chi connectivity index (χ4n) is 3.29. The van der Waals surface area contributed by atoms with Gasteiger partial charge in [0.1, 0.15) is 5.82 Å². The molecule has 3 aromatic rings. The smallest absolute Gasteiger partial charge is 0.195 e. The summed E-state index contributed by atoms with van der Waals surface area (Å²) in [4.78, 5) is 17.8. The van der Waals surface area contributed by atoms with E-state index >= 15 is 0 Å². The van der Waals surface area contributed by atoms with Gasteiger partial charge < -0.3 is 10.6 Å². The van der Waals surface area contributed by atoms with E-state index in [4.69, 9.17) is 4.98 Å². The Kier molecular flexibility index (Phi) is 6.29. The maximum absolute atomic E-state index is 13.1. The monoisotopic (exact) mass is 386 g/mol. The highest BCUT2D eigenvalue weighted by Crippen LogP contribution is 2.28. The first kappa shape index (κ1) is 20.1. The molecule has 29 heavy (non-hydrogen) atoms. The van der Waals surface area contributed by atoms with Crippen LogP contribution in [0.3, 0.4) is 0 Å². The van der Waals surface area contributed by atoms with Crippen LogP contribution in [0.4, 0.5) is 17.2 Å². The molecule has 2 aromatic heterocycles. The Bertz CT molecular complexity index is 1140. The molecule has 0 unspecified atom stereocenters. The number of aryl methyl sites for hydroxylation is 1. The van der Waals surface area contributed by atoms with Crippen LogP contribution in [-0.4, -0.2) is 16.1 Å². The third-order valence-corrected chi connectivity index (χ3v) is 4.39. The zero-order valence-corrected chi connectivity index (χ0v) is 17.1. The van der Waals surface area contributed by atoms with Gasteiger partial charge in [0.2, 0.25) is 0 Å². The number of pyridine rings is 2. The van der Waals surface area contributed by atoms with Crippen molar-refractivity contribution in [2.45, 2.75) is 20.8 Å². The van der Waals surface area contributed by atoms with Crippen molar-refractivity contribution in [1.82, 2.24) is 9.55 Å². The van der Waals surface area contributed by atoms with Crippen LogP contribution in [0, 0.1) is 6.92 Å². The van der Waals surface area contributed by atoms with E-state index in [9.17, 15) is 4.79 Å². The van der Waals surface area contributed by atoms with Gasteiger partial charge in [0.15, 0.2) is 11.1 Å². The second-order valence-electron chi connectivity index (χ2n) is 6.59. The highest BCUT2D eigenvalue weighted by molar-refractivity contribution is 5.93. The number of hydrogen-bond acceptors (Lipinski definition) is 4. The van der Waals surface area contributed by atoms with E-state index in [0.29, 0.717) is 23.4 Å². The molecule has 0 saturated heterocycles. The zero-order chi connectivity index (χ0) is 20.8. The molecular formula is C24H26N4O. The van der Waals surface area contributed by atoms with Crippen molar-refractivity contribution in [3.05, 3.63) is 89.3 Å². The molecule has 0 aliphatic heterocycles. The van der Waals surface area contributed by atoms with E-state index < -0.39 is 0 Å². The molecule has 0 atom stereocenters. The number of benzene rings is 1. The summed E-state index contributed by atoms with van der Waals surface area (Å²) in [5.41, 5.74) is 3.87. The molecule has 0 amide bonds. The Hall–Kier alpha value is -3.60. The molecule has 0 fully saturated rings. The minimum absolute atomic E-state index is 0.0865. The van der Waals surface area contributed by atoms with E-state index in [0.717, 1.165) is 22.8 Å². The van der Waals surface area contributed by atoms with E-state index in [2.05, 4.69) is 17.2 Å². The summed E-state index contributed by atoms with van der Waals surface area (Å²) in [6, 6.07) is 13.3. The van der Waals surface area contributed by atoms with Gasteiger partial charge in [-0.25, -0.2) is 4.98 Å². The van der Waals surface area contributed by atoms with Crippen LogP contribution in [0.25, 0.3) is 16.7 Å². The fourth-order valence-corrected chi connectivity index (χ4v) is 3.29. The average molecular weight is 386 g/mol. The summed E-state index contributed by atoms with van der Waals surface area (Å²) in [6.45, 7) is 10.5. The van der Waals surface area contributed by atoms with Crippen molar-refractivity contribution in [3.8, 4) is 0 Å². The first-order valence-corrected chi connectivity index (χ1v) is 9.68. The molecule has 2 N–H and O–H groups in total. The van der Waals surface area contributed by atoms with Crippen molar-refractivity contribution < 1.29 is 0 Å². The topological polar surface area (TPSA) is 59.0 Å². The van der Waals surface area contributed by atoms with Gasteiger partial charge in [-0.05, 0) is 51.1 Å². The number of nitrogens with one attached hydrogen (secondary N) is 2. The third-order valence-electron chi connectivity index (χ3n) is 4.39. The van der Waals surface area contributed by atoms with Crippen LogP contribution in [0.1, 0.15) is 19.5 Å². The number of hydrogen-bond donors (Lipinski definition) is 2. The second kappa shape index (κ2) is 9.06. The predicted molar refractivity (Wildman–Crippen MR) is 124 cm³/mol. The molecule has 1 aromatic carbocycles. The first-order valence-electron chi connectivity index (χ1n) is 9.68. The van der Waals surface area contributed by atoms with Gasteiger partial charge in [0.05, 0.1) is 11.1 Å². The van der Waals surface area contributed by atoms with Gasteiger partial charge in [-0.1, -0.05) is 36.9 Å². The van der Waals surface area contributed by atoms with Gasteiger partial charge in [-0.3, -0.25) is 9.36 Å². The highest BCUT2D eigenvalue weighted by atomic mass is 16.1. The molecule has 0 bridgehead atoms. The van der Waals surface area contributed by atoms with E-state index in [-0.39, 0.29) is 5.43 Å². The fraction of sp³-hybridized carbons (Fsp3) is 0.167. The summed E-state index contributed by atoms with van der Waals surface area (Å²) in [7, 11) is 0. The Morgan fingerprint density at radius 3 is 2.66 bits per heavy atom. The normalized spacial score (nSPS) is 11.8. The number of anilines is 3. The predicted octanol–water partition coefficient (Wildman–Crippen LogP) is 5.48. The Morgan fingerprint density at radius 1 is 1.24 bits per heavy atom. The van der Waals surface area contributed by atoms with E-state index in [1.165, 1.54) is 0 Å². The highest BCUT2D eigenvalue weighted by Gasteiger charge is 2.16. The second-order valence-corrected chi connectivity index (χ2v) is 6.59. The summed E-state index contributed by atoms with van der Waals surface area (Å²) in [6.07, 6.45) is 7.55. The maximum atomic E-state index is 13.1. The number of aromatic nitrogens is 2. The van der Waals surface area contributed by atoms with Crippen molar-refractivity contribution in [2.24, 2.45) is 0 Å². The number of para-hydroxylation sites is 1. The van der Waals surface area contributed by atoms with E-state index in [1.54, 1.807) is 12.1 Å². The number of rotatable bonds is 7. The minimum atomic E-state index is -0.0865. The zero-order valence-electron chi connectivity index (χ0n) is 17.1. The molecule has 5 nitrogen and oxygen atoms in total. The Morgan fingerprint density at radius 2 is 2.00 bits per heavy atom. The molecule has 2 heterocycles. The molecule has 5 heteroatoms. The van der Waals surface area contributed by atoms with Crippen LogP contribution in [0.2, 0.25) is 0 Å². The van der Waals surface area contributed by atoms with Crippen molar-refractivity contribution in [3.63, 3.8) is 0 Å². The molecular weight excluding hydrogens is 360 g/mol. The van der Waals surface area contributed by atoms with Crippen molar-refractivity contribution >= 4 is 33.9 Å². The minimum Gasteiger partial charge on any atom is -0.385 e. The van der Waals surface area contributed by atoms with Gasteiger partial charge in [0, 0.05) is 29.7 Å². The Balaban J connectivity index is 2.41. The summed E-state index contributed by atoms with van der Waals surface area (Å²) in [5, 5.41) is 7.23. The summed E-state index contributed by atoms with van der Waals surface area (Å²) < 4.78 is 1.96. The van der Waals surface area contributed by atoms with Crippen LogP contribution in [0.5, 0.6) is 0 Å². The van der Waals surface area contributed by atoms with Gasteiger partial charge in [-0.15, -0.1) is 0 Å². The molecule has 0 aliphatic carbocycles. The lowest BCUT2D eigenvalue weighted by atomic mass is 10.1. The summed E-state index contributed by atoms with van der Waals surface area (Å²) in [5.74, 6) is 0.639. The number of fused-ring (bicyclic) bond motifs is 1. The van der Waals surface area contributed by atoms with Gasteiger partial charge in [0.25, 0.3) is 0 Å². The SMILES string of the molecule is C=C/C=C(\C=C/C)n1c(Nc2ccccc2)cc(=O)c2c(NCC)cc(C)nc21.